The lowest BCUT2D eigenvalue weighted by Crippen LogP contribution is -2.61. The molecule has 0 aliphatic carbocycles. The molecule has 1 atom stereocenters. The Morgan fingerprint density at radius 2 is 1.76 bits per heavy atom. The maximum Gasteiger partial charge on any atom is 0.404 e. The van der Waals surface area contributed by atoms with Crippen molar-refractivity contribution < 1.29 is 43.6 Å². The highest BCUT2D eigenvalue weighted by molar-refractivity contribution is 7.89. The van der Waals surface area contributed by atoms with Crippen molar-refractivity contribution in [1.82, 2.24) is 23.5 Å². The lowest BCUT2D eigenvalue weighted by atomic mass is 10.2. The normalized spacial score (nSPS) is 18.2. The number of amides is 1. The molecule has 0 radical (unpaired) electrons. The molecule has 1 amide bonds. The van der Waals surface area contributed by atoms with Gasteiger partial charge < -0.3 is 9.88 Å². The van der Waals surface area contributed by atoms with Crippen LogP contribution in [-0.2, 0) is 37.8 Å². The van der Waals surface area contributed by atoms with E-state index in [4.69, 9.17) is 0 Å². The van der Waals surface area contributed by atoms with Crippen LogP contribution in [0.2, 0.25) is 0 Å². The predicted molar refractivity (Wildman–Crippen MR) is 121 cm³/mol. The Kier molecular flexibility index (Phi) is 8.60. The summed E-state index contributed by atoms with van der Waals surface area (Å²) in [6.07, 6.45) is -1.18. The Labute approximate surface area is 210 Å². The van der Waals surface area contributed by atoms with E-state index in [1.165, 1.54) is 12.5 Å². The molecule has 37 heavy (non-hydrogen) atoms. The number of rotatable bonds is 9. The van der Waals surface area contributed by atoms with Gasteiger partial charge in [-0.2, -0.15) is 21.8 Å². The van der Waals surface area contributed by atoms with Crippen LogP contribution in [0.1, 0.15) is 11.3 Å². The molecule has 17 heteroatoms. The van der Waals surface area contributed by atoms with Crippen molar-refractivity contribution in [1.29, 1.82) is 0 Å². The third-order valence-corrected chi connectivity index (χ3v) is 8.62. The second-order valence-corrected chi connectivity index (χ2v) is 12.4. The van der Waals surface area contributed by atoms with Gasteiger partial charge in [0.25, 0.3) is 0 Å². The van der Waals surface area contributed by atoms with Crippen molar-refractivity contribution in [2.75, 3.05) is 38.2 Å². The number of carbonyl (C=O) groups excluding carboxylic acids is 1. The molecule has 0 spiro atoms. The van der Waals surface area contributed by atoms with Crippen molar-refractivity contribution in [3.63, 3.8) is 0 Å². The minimum atomic E-state index is -5.01. The Hall–Kier alpha value is -2.63. The Morgan fingerprint density at radius 1 is 1.11 bits per heavy atom. The molecule has 1 aliphatic heterocycles. The standard InChI is InChI=1S/C20H24F5N5O5S2/c1-36(32,33)30-5-4-29(37(34,35)12-20(23,24)25)11-18(30)19(31)27-3-2-17-9-26-13-28(17)10-14-6-15(21)8-16(22)7-14/h6-9,13,18H,2-5,10-12H2,1H3,(H,27,31). The number of aromatic nitrogens is 2. The fourth-order valence-corrected chi connectivity index (χ4v) is 6.29. The van der Waals surface area contributed by atoms with Gasteiger partial charge in [0.05, 0.1) is 12.6 Å². The first-order chi connectivity index (χ1) is 17.0. The van der Waals surface area contributed by atoms with Gasteiger partial charge in [-0.15, -0.1) is 0 Å². The average molecular weight is 574 g/mol. The van der Waals surface area contributed by atoms with Gasteiger partial charge in [-0.25, -0.2) is 30.6 Å². The smallest absolute Gasteiger partial charge is 0.354 e. The van der Waals surface area contributed by atoms with E-state index in [1.807, 2.05) is 0 Å². The number of benzene rings is 1. The van der Waals surface area contributed by atoms with Crippen LogP contribution in [0, 0.1) is 11.6 Å². The van der Waals surface area contributed by atoms with Gasteiger partial charge in [0.15, 0.2) is 5.75 Å². The SMILES string of the molecule is CS(=O)(=O)N1CCN(S(=O)(=O)CC(F)(F)F)CC1C(=O)NCCc1cncn1Cc1cc(F)cc(F)c1. The first-order valence-electron chi connectivity index (χ1n) is 10.8. The summed E-state index contributed by atoms with van der Waals surface area (Å²) < 4.78 is 116. The van der Waals surface area contributed by atoms with E-state index in [0.29, 0.717) is 15.6 Å². The number of halogens is 5. The third kappa shape index (κ3) is 7.93. The number of imidazole rings is 1. The highest BCUT2D eigenvalue weighted by Gasteiger charge is 2.44. The topological polar surface area (TPSA) is 122 Å². The van der Waals surface area contributed by atoms with Crippen molar-refractivity contribution in [3.05, 3.63) is 53.6 Å². The van der Waals surface area contributed by atoms with Gasteiger partial charge in [-0.3, -0.25) is 4.79 Å². The van der Waals surface area contributed by atoms with Crippen molar-refractivity contribution in [2.24, 2.45) is 0 Å². The van der Waals surface area contributed by atoms with Gasteiger partial charge in [0, 0.05) is 57.1 Å². The van der Waals surface area contributed by atoms with Crippen LogP contribution in [-0.4, -0.2) is 91.3 Å². The molecule has 206 valence electrons. The molecule has 0 saturated carbocycles. The van der Waals surface area contributed by atoms with Crippen LogP contribution in [0.3, 0.4) is 0 Å². The van der Waals surface area contributed by atoms with Crippen LogP contribution in [0.5, 0.6) is 0 Å². The quantitative estimate of drug-likeness (QED) is 0.441. The summed E-state index contributed by atoms with van der Waals surface area (Å²) in [5.74, 6) is -4.53. The van der Waals surface area contributed by atoms with E-state index in [2.05, 4.69) is 10.3 Å². The van der Waals surface area contributed by atoms with Gasteiger partial charge in [0.2, 0.25) is 26.0 Å². The first kappa shape index (κ1) is 28.9. The van der Waals surface area contributed by atoms with Gasteiger partial charge in [-0.1, -0.05) is 0 Å². The van der Waals surface area contributed by atoms with E-state index in [1.54, 1.807) is 4.57 Å². The highest BCUT2D eigenvalue weighted by Crippen LogP contribution is 2.23. The molecular weight excluding hydrogens is 549 g/mol. The van der Waals surface area contributed by atoms with Crippen molar-refractivity contribution in [3.8, 4) is 0 Å². The van der Waals surface area contributed by atoms with Gasteiger partial charge in [0.1, 0.15) is 17.7 Å². The van der Waals surface area contributed by atoms with Crippen molar-refractivity contribution >= 4 is 26.0 Å². The molecule has 1 unspecified atom stereocenters. The summed E-state index contributed by atoms with van der Waals surface area (Å²) in [6.45, 7) is -1.79. The molecule has 2 heterocycles. The second kappa shape index (κ2) is 11.0. The molecule has 1 aromatic heterocycles. The van der Waals surface area contributed by atoms with Crippen LogP contribution >= 0.6 is 0 Å². The zero-order chi connectivity index (χ0) is 27.6. The lowest BCUT2D eigenvalue weighted by Gasteiger charge is -2.38. The van der Waals surface area contributed by atoms with Crippen LogP contribution in [0.25, 0.3) is 0 Å². The molecular formula is C20H24F5N5O5S2. The lowest BCUT2D eigenvalue weighted by molar-refractivity contribution is -0.125. The highest BCUT2D eigenvalue weighted by atomic mass is 32.2. The first-order valence-corrected chi connectivity index (χ1v) is 14.2. The third-order valence-electron chi connectivity index (χ3n) is 5.52. The van der Waals surface area contributed by atoms with E-state index < -0.39 is 75.2 Å². The Balaban J connectivity index is 1.67. The molecule has 10 nitrogen and oxygen atoms in total. The maximum absolute atomic E-state index is 13.5. The number of hydrogen-bond acceptors (Lipinski definition) is 6. The van der Waals surface area contributed by atoms with Gasteiger partial charge >= 0.3 is 6.18 Å². The summed E-state index contributed by atoms with van der Waals surface area (Å²) in [5.41, 5.74) is 0.884. The molecule has 1 fully saturated rings. The number of nitrogens with one attached hydrogen (secondary N) is 1. The molecule has 1 aromatic carbocycles. The van der Waals surface area contributed by atoms with Gasteiger partial charge in [-0.05, 0) is 17.7 Å². The number of sulfonamides is 2. The van der Waals surface area contributed by atoms with E-state index in [9.17, 15) is 43.6 Å². The molecule has 1 saturated heterocycles. The zero-order valence-corrected chi connectivity index (χ0v) is 21.1. The number of alkyl halides is 3. The number of piperazine rings is 1. The molecule has 0 bridgehead atoms. The average Bonchev–Trinajstić information content (AvgIpc) is 3.17. The molecule has 1 aliphatic rings. The monoisotopic (exact) mass is 573 g/mol. The number of nitrogens with zero attached hydrogens (tertiary/aromatic N) is 4. The summed E-state index contributed by atoms with van der Waals surface area (Å²) >= 11 is 0. The van der Waals surface area contributed by atoms with Crippen LogP contribution in [0.15, 0.2) is 30.7 Å². The molecule has 2 aromatic rings. The van der Waals surface area contributed by atoms with E-state index in [-0.39, 0.29) is 19.5 Å². The Bertz CT molecular complexity index is 1330. The molecule has 1 N–H and O–H groups in total. The van der Waals surface area contributed by atoms with E-state index in [0.717, 1.165) is 28.8 Å². The number of hydrogen-bond donors (Lipinski definition) is 1. The largest absolute Gasteiger partial charge is 0.404 e. The van der Waals surface area contributed by atoms with Crippen LogP contribution in [0.4, 0.5) is 22.0 Å². The van der Waals surface area contributed by atoms with Crippen molar-refractivity contribution in [2.45, 2.75) is 25.2 Å². The fourth-order valence-electron chi connectivity index (χ4n) is 3.93. The summed E-state index contributed by atoms with van der Waals surface area (Å²) in [5, 5.41) is 2.47. The maximum atomic E-state index is 13.5. The molecule has 3 rings (SSSR count). The Morgan fingerprint density at radius 3 is 2.35 bits per heavy atom. The fraction of sp³-hybridized carbons (Fsp3) is 0.500. The summed E-state index contributed by atoms with van der Waals surface area (Å²) in [7, 11) is -8.82. The van der Waals surface area contributed by atoms with E-state index >= 15 is 0 Å². The predicted octanol–water partition coefficient (Wildman–Crippen LogP) is 0.706. The minimum absolute atomic E-state index is 0.0640. The van der Waals surface area contributed by atoms with Crippen LogP contribution < -0.4 is 5.32 Å². The minimum Gasteiger partial charge on any atom is -0.354 e. The summed E-state index contributed by atoms with van der Waals surface area (Å²) in [6, 6.07) is 1.45. The second-order valence-electron chi connectivity index (χ2n) is 8.45. The zero-order valence-electron chi connectivity index (χ0n) is 19.5. The summed E-state index contributed by atoms with van der Waals surface area (Å²) in [4.78, 5) is 16.8. The number of carbonyl (C=O) groups is 1.